The highest BCUT2D eigenvalue weighted by atomic mass is 35.5. The highest BCUT2D eigenvalue weighted by Crippen LogP contribution is 2.25. The summed E-state index contributed by atoms with van der Waals surface area (Å²) >= 11 is 6.70. The van der Waals surface area contributed by atoms with Gasteiger partial charge in [0.2, 0.25) is 0 Å². The first kappa shape index (κ1) is 18.6. The van der Waals surface area contributed by atoms with Crippen molar-refractivity contribution in [1.82, 2.24) is 9.59 Å². The molecule has 0 saturated heterocycles. The van der Waals surface area contributed by atoms with E-state index in [4.69, 9.17) is 16.3 Å². The smallest absolute Gasteiger partial charge is 0.324 e. The Balaban J connectivity index is 1.68. The molecule has 0 spiro atoms. The second-order valence-corrected chi connectivity index (χ2v) is 6.38. The van der Waals surface area contributed by atoms with Gasteiger partial charge in [0.1, 0.15) is 5.75 Å². The maximum atomic E-state index is 12.5. The molecule has 3 amide bonds. The summed E-state index contributed by atoms with van der Waals surface area (Å²) < 4.78 is 8.93. The molecule has 0 aliphatic rings. The van der Waals surface area contributed by atoms with E-state index in [-0.39, 0.29) is 10.7 Å². The van der Waals surface area contributed by atoms with Crippen molar-refractivity contribution in [2.45, 2.75) is 0 Å². The van der Waals surface area contributed by atoms with Crippen molar-refractivity contribution in [2.75, 3.05) is 23.1 Å². The summed E-state index contributed by atoms with van der Waals surface area (Å²) in [6.07, 6.45) is 0. The molecule has 27 heavy (non-hydrogen) atoms. The number of methoxy groups -OCH3 is 1. The number of hydrogen-bond acceptors (Lipinski definition) is 6. The largest absolute Gasteiger partial charge is 0.495 e. The Bertz CT molecular complexity index is 961. The number of nitrogens with one attached hydrogen (secondary N) is 3. The summed E-state index contributed by atoms with van der Waals surface area (Å²) in [7, 11) is 1.50. The van der Waals surface area contributed by atoms with E-state index in [0.29, 0.717) is 22.1 Å². The van der Waals surface area contributed by atoms with Gasteiger partial charge in [-0.25, -0.2) is 4.79 Å². The fourth-order valence-corrected chi connectivity index (χ4v) is 2.84. The molecule has 138 valence electrons. The summed E-state index contributed by atoms with van der Waals surface area (Å²) in [5.74, 6) is -0.0147. The van der Waals surface area contributed by atoms with Gasteiger partial charge in [-0.15, -0.1) is 5.10 Å². The standard InChI is InChI=1S/C17H14ClN5O3S/c1-26-13-5-3-2-4-12(13)20-15(24)14-16(27-23-22-14)21-17(25)19-11-8-6-10(18)7-9-11/h2-9H,1H3,(H,20,24)(H2,19,21,25). The molecule has 1 heterocycles. The highest BCUT2D eigenvalue weighted by Gasteiger charge is 2.19. The summed E-state index contributed by atoms with van der Waals surface area (Å²) in [4.78, 5) is 24.6. The Morgan fingerprint density at radius 1 is 1.04 bits per heavy atom. The van der Waals surface area contributed by atoms with Crippen LogP contribution in [0.25, 0.3) is 0 Å². The molecule has 3 N–H and O–H groups in total. The normalized spacial score (nSPS) is 10.1. The van der Waals surface area contributed by atoms with Crippen LogP contribution in [-0.2, 0) is 0 Å². The number of urea groups is 1. The molecule has 3 rings (SSSR count). The fraction of sp³-hybridized carbons (Fsp3) is 0.0588. The van der Waals surface area contributed by atoms with E-state index in [1.807, 2.05) is 0 Å². The average Bonchev–Trinajstić information content (AvgIpc) is 3.12. The SMILES string of the molecule is COc1ccccc1NC(=O)c1nnsc1NC(=O)Nc1ccc(Cl)cc1. The molecule has 3 aromatic rings. The Morgan fingerprint density at radius 3 is 2.52 bits per heavy atom. The van der Waals surface area contributed by atoms with Crippen LogP contribution in [0.15, 0.2) is 48.5 Å². The van der Waals surface area contributed by atoms with Gasteiger partial charge < -0.3 is 15.4 Å². The van der Waals surface area contributed by atoms with E-state index in [2.05, 4.69) is 25.5 Å². The monoisotopic (exact) mass is 403 g/mol. The molecule has 0 radical (unpaired) electrons. The first-order valence-electron chi connectivity index (χ1n) is 7.67. The first-order valence-corrected chi connectivity index (χ1v) is 8.82. The minimum Gasteiger partial charge on any atom is -0.495 e. The van der Waals surface area contributed by atoms with Crippen molar-refractivity contribution >= 4 is 51.4 Å². The number of carbonyl (C=O) groups is 2. The summed E-state index contributed by atoms with van der Waals surface area (Å²) in [6.45, 7) is 0. The van der Waals surface area contributed by atoms with Crippen LogP contribution in [0.5, 0.6) is 5.75 Å². The predicted molar refractivity (Wildman–Crippen MR) is 105 cm³/mol. The van der Waals surface area contributed by atoms with E-state index >= 15 is 0 Å². The Hall–Kier alpha value is -3.17. The zero-order valence-corrected chi connectivity index (χ0v) is 15.6. The molecule has 2 aromatic carbocycles. The molecule has 0 saturated carbocycles. The number of halogens is 1. The number of carbonyl (C=O) groups excluding carboxylic acids is 2. The van der Waals surface area contributed by atoms with Crippen LogP contribution in [0.3, 0.4) is 0 Å². The Morgan fingerprint density at radius 2 is 1.78 bits per heavy atom. The van der Waals surface area contributed by atoms with Gasteiger partial charge in [-0.2, -0.15) is 0 Å². The second-order valence-electron chi connectivity index (χ2n) is 5.19. The maximum absolute atomic E-state index is 12.5. The second kappa shape index (κ2) is 8.47. The molecule has 0 aliphatic carbocycles. The Kier molecular flexibility index (Phi) is 5.84. The number of benzene rings is 2. The molecule has 1 aromatic heterocycles. The van der Waals surface area contributed by atoms with E-state index in [9.17, 15) is 9.59 Å². The van der Waals surface area contributed by atoms with E-state index in [1.165, 1.54) is 7.11 Å². The van der Waals surface area contributed by atoms with Gasteiger partial charge in [-0.1, -0.05) is 28.2 Å². The third-order valence-electron chi connectivity index (χ3n) is 3.39. The average molecular weight is 404 g/mol. The fourth-order valence-electron chi connectivity index (χ4n) is 2.15. The maximum Gasteiger partial charge on any atom is 0.324 e. The van der Waals surface area contributed by atoms with Gasteiger partial charge in [0.25, 0.3) is 5.91 Å². The van der Waals surface area contributed by atoms with Crippen molar-refractivity contribution in [2.24, 2.45) is 0 Å². The number of anilines is 3. The lowest BCUT2D eigenvalue weighted by Crippen LogP contribution is -2.21. The van der Waals surface area contributed by atoms with Crippen molar-refractivity contribution in [3.05, 3.63) is 59.2 Å². The number of nitrogens with zero attached hydrogens (tertiary/aromatic N) is 2. The van der Waals surface area contributed by atoms with E-state index < -0.39 is 11.9 Å². The third-order valence-corrected chi connectivity index (χ3v) is 4.28. The van der Waals surface area contributed by atoms with Crippen LogP contribution in [0.2, 0.25) is 5.02 Å². The molecule has 0 fully saturated rings. The molecule has 10 heteroatoms. The van der Waals surface area contributed by atoms with Crippen molar-refractivity contribution in [3.8, 4) is 5.75 Å². The van der Waals surface area contributed by atoms with Crippen LogP contribution in [0.1, 0.15) is 10.5 Å². The topological polar surface area (TPSA) is 105 Å². The summed E-state index contributed by atoms with van der Waals surface area (Å²) in [5.41, 5.74) is 1.03. The van der Waals surface area contributed by atoms with Crippen molar-refractivity contribution in [1.29, 1.82) is 0 Å². The van der Waals surface area contributed by atoms with Gasteiger partial charge >= 0.3 is 6.03 Å². The zero-order chi connectivity index (χ0) is 19.2. The lowest BCUT2D eigenvalue weighted by atomic mass is 10.3. The van der Waals surface area contributed by atoms with Crippen molar-refractivity contribution in [3.63, 3.8) is 0 Å². The summed E-state index contributed by atoms with van der Waals surface area (Å²) in [5, 5.41) is 12.5. The number of rotatable bonds is 5. The number of aromatic nitrogens is 2. The van der Waals surface area contributed by atoms with Gasteiger partial charge in [0, 0.05) is 22.2 Å². The summed E-state index contributed by atoms with van der Waals surface area (Å²) in [6, 6.07) is 13.0. The van der Waals surface area contributed by atoms with Crippen LogP contribution in [0, 0.1) is 0 Å². The van der Waals surface area contributed by atoms with Crippen molar-refractivity contribution < 1.29 is 14.3 Å². The van der Waals surface area contributed by atoms with E-state index in [0.717, 1.165) is 11.5 Å². The lowest BCUT2D eigenvalue weighted by Gasteiger charge is -2.10. The third kappa shape index (κ3) is 4.72. The minimum atomic E-state index is -0.533. The van der Waals surface area contributed by atoms with Crippen LogP contribution < -0.4 is 20.7 Å². The van der Waals surface area contributed by atoms with Gasteiger partial charge in [-0.3, -0.25) is 10.1 Å². The van der Waals surface area contributed by atoms with Crippen LogP contribution >= 0.6 is 23.1 Å². The highest BCUT2D eigenvalue weighted by molar-refractivity contribution is 7.10. The molecule has 8 nitrogen and oxygen atoms in total. The molecule has 0 aliphatic heterocycles. The van der Waals surface area contributed by atoms with Gasteiger partial charge in [0.05, 0.1) is 12.8 Å². The van der Waals surface area contributed by atoms with Crippen LogP contribution in [0.4, 0.5) is 21.2 Å². The molecular weight excluding hydrogens is 390 g/mol. The number of ether oxygens (including phenoxy) is 1. The molecule has 0 unspecified atom stereocenters. The molecular formula is C17H14ClN5O3S. The number of hydrogen-bond donors (Lipinski definition) is 3. The zero-order valence-electron chi connectivity index (χ0n) is 14.0. The molecule has 0 atom stereocenters. The number of amides is 3. The van der Waals surface area contributed by atoms with Gasteiger partial charge in [0.15, 0.2) is 10.7 Å². The Labute approximate surface area is 163 Å². The molecule has 0 bridgehead atoms. The van der Waals surface area contributed by atoms with Gasteiger partial charge in [-0.05, 0) is 36.4 Å². The van der Waals surface area contributed by atoms with E-state index in [1.54, 1.807) is 48.5 Å². The first-order chi connectivity index (χ1) is 13.1. The lowest BCUT2D eigenvalue weighted by molar-refractivity contribution is 0.102. The quantitative estimate of drug-likeness (QED) is 0.594. The minimum absolute atomic E-state index is 0.00263. The predicted octanol–water partition coefficient (Wildman–Crippen LogP) is 4.10. The number of para-hydroxylation sites is 2. The van der Waals surface area contributed by atoms with Crippen LogP contribution in [-0.4, -0.2) is 28.6 Å².